The maximum Gasteiger partial charge on any atom is 0.327 e. The topological polar surface area (TPSA) is 96.0 Å². The molecule has 8 nitrogen and oxygen atoms in total. The van der Waals surface area contributed by atoms with Crippen molar-refractivity contribution in [3.8, 4) is 0 Å². The van der Waals surface area contributed by atoms with E-state index in [-0.39, 0.29) is 6.54 Å². The highest BCUT2D eigenvalue weighted by Gasteiger charge is 2.35. The third-order valence-corrected chi connectivity index (χ3v) is 3.83. The van der Waals surface area contributed by atoms with Gasteiger partial charge in [0.2, 0.25) is 0 Å². The number of amides is 4. The number of nitrogens with one attached hydrogen (secondary N) is 1. The first kappa shape index (κ1) is 18.4. The van der Waals surface area contributed by atoms with E-state index in [0.29, 0.717) is 5.69 Å². The molecule has 1 N–H and O–H groups in total. The zero-order valence-corrected chi connectivity index (χ0v) is 14.4. The summed E-state index contributed by atoms with van der Waals surface area (Å²) in [4.78, 5) is 49.3. The summed E-state index contributed by atoms with van der Waals surface area (Å²) in [5.41, 5.74) is 1.74. The molecular formula is C17H21N3O5. The highest BCUT2D eigenvalue weighted by atomic mass is 16.5. The molecule has 134 valence electrons. The van der Waals surface area contributed by atoms with Gasteiger partial charge >= 0.3 is 12.0 Å². The molecule has 4 amide bonds. The number of ether oxygens (including phenoxy) is 1. The summed E-state index contributed by atoms with van der Waals surface area (Å²) >= 11 is 0. The first-order valence-electron chi connectivity index (χ1n) is 7.96. The Hall–Kier alpha value is -2.90. The maximum absolute atomic E-state index is 12.1. The van der Waals surface area contributed by atoms with Gasteiger partial charge in [0.25, 0.3) is 11.8 Å². The lowest BCUT2D eigenvalue weighted by Gasteiger charge is -2.16. The molecule has 25 heavy (non-hydrogen) atoms. The Labute approximate surface area is 145 Å². The van der Waals surface area contributed by atoms with Crippen molar-refractivity contribution >= 4 is 29.5 Å². The standard InChI is InChI=1S/C17H21N3O5/c1-4-12-5-7-13(8-6-12)18-16(23)11(2)25-15(22)10-20-14(21)9-19(3)17(20)24/h5-8,11H,4,9-10H2,1-3H3,(H,18,23)/t11-/m0/s1. The van der Waals surface area contributed by atoms with Crippen molar-refractivity contribution < 1.29 is 23.9 Å². The lowest BCUT2D eigenvalue weighted by atomic mass is 10.1. The van der Waals surface area contributed by atoms with Gasteiger partial charge in [0, 0.05) is 12.7 Å². The van der Waals surface area contributed by atoms with Gasteiger partial charge in [0.1, 0.15) is 13.1 Å². The first-order valence-corrected chi connectivity index (χ1v) is 7.96. The second kappa shape index (κ2) is 7.78. The van der Waals surface area contributed by atoms with Crippen molar-refractivity contribution in [3.05, 3.63) is 29.8 Å². The van der Waals surface area contributed by atoms with Crippen LogP contribution in [0.25, 0.3) is 0 Å². The predicted octanol–water partition coefficient (Wildman–Crippen LogP) is 1.01. The zero-order chi connectivity index (χ0) is 18.6. The average Bonchev–Trinajstić information content (AvgIpc) is 2.81. The molecule has 0 aromatic heterocycles. The number of aryl methyl sites for hydroxylation is 1. The van der Waals surface area contributed by atoms with E-state index < -0.39 is 36.5 Å². The van der Waals surface area contributed by atoms with Gasteiger partial charge in [-0.25, -0.2) is 4.79 Å². The number of carbonyl (C=O) groups excluding carboxylic acids is 4. The number of nitrogens with zero attached hydrogens (tertiary/aromatic N) is 2. The van der Waals surface area contributed by atoms with Crippen LogP contribution >= 0.6 is 0 Å². The van der Waals surface area contributed by atoms with Gasteiger partial charge in [0.15, 0.2) is 6.10 Å². The van der Waals surface area contributed by atoms with Gasteiger partial charge in [0.05, 0.1) is 0 Å². The van der Waals surface area contributed by atoms with Gasteiger partial charge in [-0.05, 0) is 31.0 Å². The van der Waals surface area contributed by atoms with Crippen LogP contribution in [0.4, 0.5) is 10.5 Å². The molecule has 8 heteroatoms. The summed E-state index contributed by atoms with van der Waals surface area (Å²) in [5.74, 6) is -1.78. The molecule has 0 spiro atoms. The van der Waals surface area contributed by atoms with Crippen LogP contribution in [0.15, 0.2) is 24.3 Å². The fraction of sp³-hybridized carbons (Fsp3) is 0.412. The number of urea groups is 1. The number of rotatable bonds is 6. The fourth-order valence-corrected chi connectivity index (χ4v) is 2.31. The van der Waals surface area contributed by atoms with E-state index in [9.17, 15) is 19.2 Å². The number of anilines is 1. The van der Waals surface area contributed by atoms with Crippen LogP contribution in [0, 0.1) is 0 Å². The van der Waals surface area contributed by atoms with Crippen molar-refractivity contribution in [1.82, 2.24) is 9.80 Å². The van der Waals surface area contributed by atoms with E-state index in [1.165, 1.54) is 18.9 Å². The van der Waals surface area contributed by atoms with Crippen LogP contribution in [0.2, 0.25) is 0 Å². The largest absolute Gasteiger partial charge is 0.451 e. The zero-order valence-electron chi connectivity index (χ0n) is 14.4. The van der Waals surface area contributed by atoms with Gasteiger partial charge < -0.3 is 15.0 Å². The van der Waals surface area contributed by atoms with Crippen LogP contribution < -0.4 is 5.32 Å². The van der Waals surface area contributed by atoms with Crippen molar-refractivity contribution in [2.24, 2.45) is 0 Å². The molecule has 0 saturated carbocycles. The quantitative estimate of drug-likeness (QED) is 0.612. The number of likely N-dealkylation sites (N-methyl/N-ethyl adjacent to an activating group) is 1. The molecule has 1 aliphatic heterocycles. The number of benzene rings is 1. The normalized spacial score (nSPS) is 15.3. The lowest BCUT2D eigenvalue weighted by Crippen LogP contribution is -2.39. The summed E-state index contributed by atoms with van der Waals surface area (Å²) in [6.07, 6.45) is -0.158. The Bertz CT molecular complexity index is 686. The van der Waals surface area contributed by atoms with Crippen LogP contribution in [0.3, 0.4) is 0 Å². The van der Waals surface area contributed by atoms with Crippen LogP contribution in [-0.4, -0.2) is 59.9 Å². The molecule has 2 rings (SSSR count). The van der Waals surface area contributed by atoms with E-state index in [1.807, 2.05) is 19.1 Å². The molecular weight excluding hydrogens is 326 g/mol. The monoisotopic (exact) mass is 347 g/mol. The molecule has 1 fully saturated rings. The summed E-state index contributed by atoms with van der Waals surface area (Å²) in [5, 5.41) is 2.64. The molecule has 0 bridgehead atoms. The molecule has 1 aromatic rings. The minimum absolute atomic E-state index is 0.0735. The van der Waals surface area contributed by atoms with Crippen molar-refractivity contribution in [2.45, 2.75) is 26.4 Å². The first-order chi connectivity index (χ1) is 11.8. The molecule has 1 saturated heterocycles. The Morgan fingerprint density at radius 1 is 1.24 bits per heavy atom. The maximum atomic E-state index is 12.1. The van der Waals surface area contributed by atoms with E-state index in [1.54, 1.807) is 12.1 Å². The molecule has 0 unspecified atom stereocenters. The number of hydrogen-bond donors (Lipinski definition) is 1. The second-order valence-corrected chi connectivity index (χ2v) is 5.79. The van der Waals surface area contributed by atoms with Gasteiger partial charge in [-0.2, -0.15) is 0 Å². The van der Waals surface area contributed by atoms with Crippen molar-refractivity contribution in [1.29, 1.82) is 0 Å². The Kier molecular flexibility index (Phi) is 5.74. The van der Waals surface area contributed by atoms with Crippen molar-refractivity contribution in [2.75, 3.05) is 25.5 Å². The summed E-state index contributed by atoms with van der Waals surface area (Å²) in [6, 6.07) is 6.77. The minimum Gasteiger partial charge on any atom is -0.451 e. The SMILES string of the molecule is CCc1ccc(NC(=O)[C@H](C)OC(=O)CN2C(=O)CN(C)C2=O)cc1. The van der Waals surface area contributed by atoms with E-state index in [2.05, 4.69) is 5.32 Å². The van der Waals surface area contributed by atoms with E-state index in [4.69, 9.17) is 4.74 Å². The number of carbonyl (C=O) groups is 4. The third kappa shape index (κ3) is 4.56. The predicted molar refractivity (Wildman–Crippen MR) is 89.7 cm³/mol. The molecule has 0 aliphatic carbocycles. The highest BCUT2D eigenvalue weighted by Crippen LogP contribution is 2.11. The fourth-order valence-electron chi connectivity index (χ4n) is 2.31. The Morgan fingerprint density at radius 3 is 2.40 bits per heavy atom. The van der Waals surface area contributed by atoms with E-state index in [0.717, 1.165) is 16.9 Å². The minimum atomic E-state index is -1.05. The molecule has 1 atom stereocenters. The molecule has 0 radical (unpaired) electrons. The lowest BCUT2D eigenvalue weighted by molar-refractivity contribution is -0.154. The molecule has 1 aromatic carbocycles. The average molecular weight is 347 g/mol. The molecule has 1 aliphatic rings. The number of imide groups is 1. The summed E-state index contributed by atoms with van der Waals surface area (Å²) in [7, 11) is 1.46. The highest BCUT2D eigenvalue weighted by molar-refractivity contribution is 6.04. The van der Waals surface area contributed by atoms with Crippen molar-refractivity contribution in [3.63, 3.8) is 0 Å². The number of esters is 1. The number of hydrogen-bond acceptors (Lipinski definition) is 5. The third-order valence-electron chi connectivity index (χ3n) is 3.83. The Balaban J connectivity index is 1.86. The summed E-state index contributed by atoms with van der Waals surface area (Å²) in [6.45, 7) is 2.87. The van der Waals surface area contributed by atoms with Crippen LogP contribution in [-0.2, 0) is 25.5 Å². The summed E-state index contributed by atoms with van der Waals surface area (Å²) < 4.78 is 5.01. The Morgan fingerprint density at radius 2 is 1.88 bits per heavy atom. The second-order valence-electron chi connectivity index (χ2n) is 5.79. The van der Waals surface area contributed by atoms with Crippen LogP contribution in [0.1, 0.15) is 19.4 Å². The van der Waals surface area contributed by atoms with Crippen LogP contribution in [0.5, 0.6) is 0 Å². The molecule has 1 heterocycles. The smallest absolute Gasteiger partial charge is 0.327 e. The van der Waals surface area contributed by atoms with Gasteiger partial charge in [-0.1, -0.05) is 19.1 Å². The van der Waals surface area contributed by atoms with Gasteiger partial charge in [-0.15, -0.1) is 0 Å². The van der Waals surface area contributed by atoms with Gasteiger partial charge in [-0.3, -0.25) is 19.3 Å². The van der Waals surface area contributed by atoms with E-state index >= 15 is 0 Å².